The van der Waals surface area contributed by atoms with Crippen LogP contribution in [0.3, 0.4) is 0 Å². The summed E-state index contributed by atoms with van der Waals surface area (Å²) in [7, 11) is 0. The van der Waals surface area contributed by atoms with Crippen LogP contribution < -0.4 is 0 Å². The Bertz CT molecular complexity index is 600. The summed E-state index contributed by atoms with van der Waals surface area (Å²) in [6.45, 7) is 0. The van der Waals surface area contributed by atoms with Crippen LogP contribution in [0, 0.1) is 11.3 Å². The van der Waals surface area contributed by atoms with Crippen LogP contribution in [0.5, 0.6) is 0 Å². The van der Waals surface area contributed by atoms with Crippen molar-refractivity contribution in [1.29, 1.82) is 5.26 Å². The molecule has 0 spiro atoms. The molecular formula is C9H3NO4S2. The Hall–Kier alpha value is -1.91. The molecule has 0 radical (unpaired) electrons. The number of thiophene rings is 2. The number of carboxylic acids is 2. The van der Waals surface area contributed by atoms with Gasteiger partial charge in [-0.25, -0.2) is 9.59 Å². The Kier molecular flexibility index (Phi) is 2.38. The lowest BCUT2D eigenvalue weighted by atomic mass is 10.3. The van der Waals surface area contributed by atoms with Crippen molar-refractivity contribution in [3.8, 4) is 6.07 Å². The third kappa shape index (κ3) is 1.44. The van der Waals surface area contributed by atoms with Crippen LogP contribution >= 0.6 is 22.7 Å². The van der Waals surface area contributed by atoms with Crippen LogP contribution in [0.2, 0.25) is 0 Å². The van der Waals surface area contributed by atoms with E-state index >= 15 is 0 Å². The van der Waals surface area contributed by atoms with Gasteiger partial charge in [0.1, 0.15) is 20.7 Å². The van der Waals surface area contributed by atoms with Crippen molar-refractivity contribution in [2.45, 2.75) is 0 Å². The third-order valence-electron chi connectivity index (χ3n) is 1.89. The van der Waals surface area contributed by atoms with Crippen LogP contribution in [0.15, 0.2) is 6.07 Å². The van der Waals surface area contributed by atoms with Crippen molar-refractivity contribution in [2.75, 3.05) is 0 Å². The summed E-state index contributed by atoms with van der Waals surface area (Å²) in [6, 6.07) is 3.28. The van der Waals surface area contributed by atoms with Crippen LogP contribution in [0.1, 0.15) is 24.2 Å². The summed E-state index contributed by atoms with van der Waals surface area (Å²) < 4.78 is 0.353. The second kappa shape index (κ2) is 3.59. The molecule has 2 N–H and O–H groups in total. The summed E-state index contributed by atoms with van der Waals surface area (Å²) in [5.74, 6) is -2.35. The Morgan fingerprint density at radius 3 is 2.31 bits per heavy atom. The fourth-order valence-electron chi connectivity index (χ4n) is 1.29. The fraction of sp³-hybridized carbons (Fsp3) is 0. The number of hydrogen-bond donors (Lipinski definition) is 2. The van der Waals surface area contributed by atoms with Gasteiger partial charge in [0.15, 0.2) is 0 Å². The zero-order valence-corrected chi connectivity index (χ0v) is 9.18. The van der Waals surface area contributed by atoms with Crippen LogP contribution in [0.25, 0.3) is 10.1 Å². The highest BCUT2D eigenvalue weighted by atomic mass is 32.1. The summed E-state index contributed by atoms with van der Waals surface area (Å²) in [4.78, 5) is 22.0. The smallest absolute Gasteiger partial charge is 0.347 e. The normalized spacial score (nSPS) is 10.2. The second-order valence-corrected chi connectivity index (χ2v) is 4.91. The monoisotopic (exact) mass is 253 g/mol. The Labute approximate surface area is 96.8 Å². The van der Waals surface area contributed by atoms with Gasteiger partial charge < -0.3 is 10.2 Å². The highest BCUT2D eigenvalue weighted by molar-refractivity contribution is 7.26. The summed E-state index contributed by atoms with van der Waals surface area (Å²) in [5.41, 5.74) is 0. The molecule has 2 heterocycles. The minimum Gasteiger partial charge on any atom is -0.477 e. The lowest BCUT2D eigenvalue weighted by Gasteiger charge is -1.85. The van der Waals surface area contributed by atoms with Crippen molar-refractivity contribution < 1.29 is 19.8 Å². The van der Waals surface area contributed by atoms with E-state index in [0.29, 0.717) is 26.3 Å². The maximum absolute atomic E-state index is 10.9. The summed E-state index contributed by atoms with van der Waals surface area (Å²) in [6.07, 6.45) is 0. The highest BCUT2D eigenvalue weighted by Crippen LogP contribution is 2.37. The van der Waals surface area contributed by atoms with Gasteiger partial charge in [-0.1, -0.05) is 0 Å². The number of carboxylic acid groups (broad SMARTS) is 2. The SMILES string of the molecule is N#Cc1cc2c(C(=O)O)sc(C(=O)O)c2s1. The van der Waals surface area contributed by atoms with E-state index in [1.807, 2.05) is 6.07 Å². The number of nitriles is 1. The predicted molar refractivity (Wildman–Crippen MR) is 58.3 cm³/mol. The molecule has 7 heteroatoms. The van der Waals surface area contributed by atoms with Gasteiger partial charge in [0.2, 0.25) is 0 Å². The number of hydrogen-bond acceptors (Lipinski definition) is 5. The molecule has 0 aliphatic heterocycles. The van der Waals surface area contributed by atoms with Gasteiger partial charge in [0, 0.05) is 5.39 Å². The molecule has 0 saturated carbocycles. The molecule has 2 aromatic heterocycles. The first-order valence-electron chi connectivity index (χ1n) is 3.97. The van der Waals surface area contributed by atoms with E-state index in [-0.39, 0.29) is 9.75 Å². The quantitative estimate of drug-likeness (QED) is 0.855. The number of fused-ring (bicyclic) bond motifs is 1. The number of carbonyl (C=O) groups is 2. The first kappa shape index (κ1) is 10.6. The van der Waals surface area contributed by atoms with Gasteiger partial charge in [-0.3, -0.25) is 0 Å². The maximum Gasteiger partial charge on any atom is 0.347 e. The van der Waals surface area contributed by atoms with E-state index in [4.69, 9.17) is 15.5 Å². The van der Waals surface area contributed by atoms with Crippen molar-refractivity contribution in [3.05, 3.63) is 20.7 Å². The van der Waals surface area contributed by atoms with E-state index in [0.717, 1.165) is 11.3 Å². The Morgan fingerprint density at radius 2 is 1.81 bits per heavy atom. The number of rotatable bonds is 2. The van der Waals surface area contributed by atoms with E-state index < -0.39 is 11.9 Å². The topological polar surface area (TPSA) is 98.4 Å². The van der Waals surface area contributed by atoms with Gasteiger partial charge >= 0.3 is 11.9 Å². The average Bonchev–Trinajstić information content (AvgIpc) is 2.72. The molecule has 0 atom stereocenters. The molecule has 0 aliphatic carbocycles. The lowest BCUT2D eigenvalue weighted by Crippen LogP contribution is -1.92. The zero-order chi connectivity index (χ0) is 11.9. The first-order valence-corrected chi connectivity index (χ1v) is 5.61. The van der Waals surface area contributed by atoms with Gasteiger partial charge in [0.05, 0.1) is 4.70 Å². The molecule has 16 heavy (non-hydrogen) atoms. The first-order chi connectivity index (χ1) is 7.54. The molecular weight excluding hydrogens is 250 g/mol. The maximum atomic E-state index is 10.9. The molecule has 5 nitrogen and oxygen atoms in total. The van der Waals surface area contributed by atoms with Crippen molar-refractivity contribution >= 4 is 44.7 Å². The molecule has 0 bridgehead atoms. The van der Waals surface area contributed by atoms with Gasteiger partial charge in [0.25, 0.3) is 0 Å². The van der Waals surface area contributed by atoms with Crippen molar-refractivity contribution in [1.82, 2.24) is 0 Å². The number of aromatic carboxylic acids is 2. The van der Waals surface area contributed by atoms with Gasteiger partial charge in [-0.15, -0.1) is 22.7 Å². The van der Waals surface area contributed by atoms with E-state index in [1.165, 1.54) is 6.07 Å². The third-order valence-corrected chi connectivity index (χ3v) is 4.25. The van der Waals surface area contributed by atoms with Crippen LogP contribution in [-0.4, -0.2) is 22.2 Å². The van der Waals surface area contributed by atoms with Crippen molar-refractivity contribution in [3.63, 3.8) is 0 Å². The zero-order valence-electron chi connectivity index (χ0n) is 7.55. The average molecular weight is 253 g/mol. The lowest BCUT2D eigenvalue weighted by molar-refractivity contribution is 0.0696. The molecule has 0 amide bonds. The molecule has 0 aromatic carbocycles. The largest absolute Gasteiger partial charge is 0.477 e. The van der Waals surface area contributed by atoms with Crippen LogP contribution in [-0.2, 0) is 0 Å². The summed E-state index contributed by atoms with van der Waals surface area (Å²) >= 11 is 1.71. The second-order valence-electron chi connectivity index (χ2n) is 2.84. The standard InChI is InChI=1S/C9H3NO4S2/c10-2-3-1-4-5(15-3)7(9(13)14)16-6(4)8(11)12/h1H,(H,11,12)(H,13,14). The van der Waals surface area contributed by atoms with Gasteiger partial charge in [-0.05, 0) is 6.07 Å². The van der Waals surface area contributed by atoms with Gasteiger partial charge in [-0.2, -0.15) is 5.26 Å². The molecule has 0 unspecified atom stereocenters. The van der Waals surface area contributed by atoms with E-state index in [9.17, 15) is 9.59 Å². The Morgan fingerprint density at radius 1 is 1.19 bits per heavy atom. The Balaban J connectivity index is 2.84. The summed E-state index contributed by atoms with van der Waals surface area (Å²) in [5, 5.41) is 26.8. The molecule has 2 rings (SSSR count). The molecule has 0 saturated heterocycles. The highest BCUT2D eigenvalue weighted by Gasteiger charge is 2.22. The van der Waals surface area contributed by atoms with E-state index in [1.54, 1.807) is 0 Å². The minimum atomic E-state index is -1.18. The molecule has 0 aliphatic rings. The predicted octanol–water partition coefficient (Wildman–Crippen LogP) is 2.23. The fourth-order valence-corrected chi connectivity index (χ4v) is 3.35. The number of nitrogens with zero attached hydrogens (tertiary/aromatic N) is 1. The molecule has 0 fully saturated rings. The van der Waals surface area contributed by atoms with Crippen molar-refractivity contribution in [2.24, 2.45) is 0 Å². The molecule has 2 aromatic rings. The molecule has 80 valence electrons. The van der Waals surface area contributed by atoms with E-state index in [2.05, 4.69) is 0 Å². The van der Waals surface area contributed by atoms with Crippen LogP contribution in [0.4, 0.5) is 0 Å². The minimum absolute atomic E-state index is 0.0288.